The third-order valence-electron chi connectivity index (χ3n) is 4.43. The number of hydrogen-bond donors (Lipinski definition) is 0. The molecule has 0 fully saturated rings. The van der Waals surface area contributed by atoms with E-state index in [2.05, 4.69) is 15.0 Å². The molecule has 0 radical (unpaired) electrons. The summed E-state index contributed by atoms with van der Waals surface area (Å²) in [5.41, 5.74) is 1.43. The van der Waals surface area contributed by atoms with Gasteiger partial charge in [0.15, 0.2) is 5.69 Å². The highest BCUT2D eigenvalue weighted by Gasteiger charge is 2.44. The standard InChI is InChI=1S/C19H24N6O3/c1-5-24(11-10-23(3)4)19(27)28-18-16-15(20-8-9-21-16)17(26)25(18)14-7-6-13(2)12-22-14/h6-9,12,18H,5,10-11H2,1-4H3. The zero-order valence-corrected chi connectivity index (χ0v) is 16.5. The smallest absolute Gasteiger partial charge is 0.412 e. The van der Waals surface area contributed by atoms with Crippen LogP contribution in [0.4, 0.5) is 10.6 Å². The van der Waals surface area contributed by atoms with E-state index in [-0.39, 0.29) is 5.69 Å². The van der Waals surface area contributed by atoms with Crippen molar-refractivity contribution in [1.82, 2.24) is 24.8 Å². The normalized spacial score (nSPS) is 15.7. The Morgan fingerprint density at radius 2 is 1.93 bits per heavy atom. The van der Waals surface area contributed by atoms with Gasteiger partial charge in [-0.2, -0.15) is 0 Å². The van der Waals surface area contributed by atoms with Crippen molar-refractivity contribution < 1.29 is 14.3 Å². The molecule has 9 heteroatoms. The summed E-state index contributed by atoms with van der Waals surface area (Å²) in [6.07, 6.45) is 3.05. The molecule has 3 rings (SSSR count). The van der Waals surface area contributed by atoms with Gasteiger partial charge in [-0.05, 0) is 39.6 Å². The van der Waals surface area contributed by atoms with E-state index in [4.69, 9.17) is 4.74 Å². The number of likely N-dealkylation sites (N-methyl/N-ethyl adjacent to an activating group) is 2. The SMILES string of the molecule is CCN(CCN(C)C)C(=O)OC1c2nccnc2C(=O)N1c1ccc(C)cn1. The predicted octanol–water partition coefficient (Wildman–Crippen LogP) is 1.86. The van der Waals surface area contributed by atoms with E-state index in [0.717, 1.165) is 5.56 Å². The first-order chi connectivity index (χ1) is 13.4. The maximum absolute atomic E-state index is 12.9. The molecule has 0 aromatic carbocycles. The zero-order chi connectivity index (χ0) is 20.3. The fourth-order valence-electron chi connectivity index (χ4n) is 2.84. The van der Waals surface area contributed by atoms with Crippen molar-refractivity contribution in [3.63, 3.8) is 0 Å². The number of amides is 2. The second kappa shape index (κ2) is 8.30. The summed E-state index contributed by atoms with van der Waals surface area (Å²) in [5.74, 6) is -0.0156. The summed E-state index contributed by atoms with van der Waals surface area (Å²) >= 11 is 0. The van der Waals surface area contributed by atoms with E-state index in [1.54, 1.807) is 17.2 Å². The molecule has 1 unspecified atom stereocenters. The van der Waals surface area contributed by atoms with Gasteiger partial charge in [0.25, 0.3) is 5.91 Å². The van der Waals surface area contributed by atoms with Crippen LogP contribution in [0, 0.1) is 6.92 Å². The molecular weight excluding hydrogens is 360 g/mol. The Hall–Kier alpha value is -3.07. The number of hydrogen-bond acceptors (Lipinski definition) is 7. The molecule has 1 aliphatic heterocycles. The van der Waals surface area contributed by atoms with E-state index < -0.39 is 18.2 Å². The number of ether oxygens (including phenoxy) is 1. The summed E-state index contributed by atoms with van der Waals surface area (Å²) in [4.78, 5) is 43.2. The van der Waals surface area contributed by atoms with Gasteiger partial charge in [0, 0.05) is 38.2 Å². The number of anilines is 1. The van der Waals surface area contributed by atoms with Crippen molar-refractivity contribution in [3.05, 3.63) is 47.7 Å². The first-order valence-electron chi connectivity index (χ1n) is 9.09. The van der Waals surface area contributed by atoms with Crippen LogP contribution < -0.4 is 4.90 Å². The molecule has 1 aliphatic rings. The second-order valence-electron chi connectivity index (χ2n) is 6.78. The third kappa shape index (κ3) is 3.94. The van der Waals surface area contributed by atoms with Crippen molar-refractivity contribution in [2.45, 2.75) is 20.1 Å². The third-order valence-corrected chi connectivity index (χ3v) is 4.43. The molecule has 148 valence electrons. The highest BCUT2D eigenvalue weighted by atomic mass is 16.6. The van der Waals surface area contributed by atoms with Gasteiger partial charge >= 0.3 is 6.09 Å². The number of rotatable bonds is 6. The van der Waals surface area contributed by atoms with Crippen LogP contribution in [0.1, 0.15) is 34.9 Å². The quantitative estimate of drug-likeness (QED) is 0.750. The minimum atomic E-state index is -1.01. The van der Waals surface area contributed by atoms with Crippen molar-refractivity contribution in [3.8, 4) is 0 Å². The van der Waals surface area contributed by atoms with Gasteiger partial charge in [-0.3, -0.25) is 9.78 Å². The van der Waals surface area contributed by atoms with Crippen LogP contribution >= 0.6 is 0 Å². The summed E-state index contributed by atoms with van der Waals surface area (Å²) in [6, 6.07) is 3.55. The van der Waals surface area contributed by atoms with E-state index >= 15 is 0 Å². The summed E-state index contributed by atoms with van der Waals surface area (Å²) in [5, 5.41) is 0. The number of fused-ring (bicyclic) bond motifs is 1. The number of carbonyl (C=O) groups excluding carboxylic acids is 2. The Kier molecular flexibility index (Phi) is 5.84. The van der Waals surface area contributed by atoms with E-state index in [1.165, 1.54) is 17.3 Å². The Balaban J connectivity index is 1.89. The van der Waals surface area contributed by atoms with Crippen LogP contribution in [0.25, 0.3) is 0 Å². The Bertz CT molecular complexity index is 855. The van der Waals surface area contributed by atoms with Crippen molar-refractivity contribution in [1.29, 1.82) is 0 Å². The van der Waals surface area contributed by atoms with Crippen LogP contribution in [0.3, 0.4) is 0 Å². The van der Waals surface area contributed by atoms with Crippen molar-refractivity contribution in [2.75, 3.05) is 38.6 Å². The molecular formula is C19H24N6O3. The van der Waals surface area contributed by atoms with E-state index in [9.17, 15) is 9.59 Å². The Labute approximate surface area is 164 Å². The number of aryl methyl sites for hydroxylation is 1. The minimum Gasteiger partial charge on any atom is -0.419 e. The van der Waals surface area contributed by atoms with Crippen LogP contribution in [-0.4, -0.2) is 70.5 Å². The van der Waals surface area contributed by atoms with Gasteiger partial charge in [0.2, 0.25) is 6.23 Å². The lowest BCUT2D eigenvalue weighted by atomic mass is 10.3. The molecule has 0 saturated heterocycles. The molecule has 3 heterocycles. The second-order valence-corrected chi connectivity index (χ2v) is 6.78. The van der Waals surface area contributed by atoms with E-state index in [1.807, 2.05) is 38.9 Å². The molecule has 0 N–H and O–H groups in total. The topological polar surface area (TPSA) is 91.8 Å². The van der Waals surface area contributed by atoms with Gasteiger partial charge in [0.1, 0.15) is 11.5 Å². The summed E-state index contributed by atoms with van der Waals surface area (Å²) in [6.45, 7) is 5.49. The largest absolute Gasteiger partial charge is 0.419 e. The lowest BCUT2D eigenvalue weighted by molar-refractivity contribution is 0.0590. The number of nitrogens with zero attached hydrogens (tertiary/aromatic N) is 6. The monoisotopic (exact) mass is 384 g/mol. The molecule has 0 spiro atoms. The number of aromatic nitrogens is 3. The fourth-order valence-corrected chi connectivity index (χ4v) is 2.84. The average Bonchev–Trinajstić information content (AvgIpc) is 2.95. The van der Waals surface area contributed by atoms with Crippen molar-refractivity contribution in [2.24, 2.45) is 0 Å². The molecule has 1 atom stereocenters. The molecule has 0 bridgehead atoms. The summed E-state index contributed by atoms with van der Waals surface area (Å²) in [7, 11) is 3.87. The molecule has 0 saturated carbocycles. The fraction of sp³-hybridized carbons (Fsp3) is 0.421. The van der Waals surface area contributed by atoms with Gasteiger partial charge in [-0.15, -0.1) is 0 Å². The van der Waals surface area contributed by atoms with Crippen LogP contribution in [-0.2, 0) is 4.74 Å². The van der Waals surface area contributed by atoms with Crippen LogP contribution in [0.15, 0.2) is 30.7 Å². The lowest BCUT2D eigenvalue weighted by Crippen LogP contribution is -2.40. The molecule has 0 aliphatic carbocycles. The molecule has 9 nitrogen and oxygen atoms in total. The van der Waals surface area contributed by atoms with Gasteiger partial charge in [-0.1, -0.05) is 6.07 Å². The maximum atomic E-state index is 12.9. The predicted molar refractivity (Wildman–Crippen MR) is 103 cm³/mol. The molecule has 2 aromatic heterocycles. The van der Waals surface area contributed by atoms with Gasteiger partial charge < -0.3 is 14.5 Å². The Morgan fingerprint density at radius 1 is 1.18 bits per heavy atom. The Morgan fingerprint density at radius 3 is 2.57 bits per heavy atom. The van der Waals surface area contributed by atoms with E-state index in [0.29, 0.717) is 31.1 Å². The molecule has 28 heavy (non-hydrogen) atoms. The van der Waals surface area contributed by atoms with Crippen LogP contribution in [0.5, 0.6) is 0 Å². The van der Waals surface area contributed by atoms with Crippen molar-refractivity contribution >= 4 is 17.8 Å². The molecule has 2 aromatic rings. The first kappa shape index (κ1) is 19.7. The van der Waals surface area contributed by atoms with Gasteiger partial charge in [0.05, 0.1) is 0 Å². The van der Waals surface area contributed by atoms with Gasteiger partial charge in [-0.25, -0.2) is 19.7 Å². The highest BCUT2D eigenvalue weighted by Crippen LogP contribution is 2.35. The molecule has 2 amide bonds. The highest BCUT2D eigenvalue weighted by molar-refractivity contribution is 6.08. The maximum Gasteiger partial charge on any atom is 0.412 e. The van der Waals surface area contributed by atoms with Crippen LogP contribution in [0.2, 0.25) is 0 Å². The minimum absolute atomic E-state index is 0.166. The first-order valence-corrected chi connectivity index (χ1v) is 9.09. The lowest BCUT2D eigenvalue weighted by Gasteiger charge is -2.27. The average molecular weight is 384 g/mol. The zero-order valence-electron chi connectivity index (χ0n) is 16.5. The number of pyridine rings is 1. The summed E-state index contributed by atoms with van der Waals surface area (Å²) < 4.78 is 5.72. The number of carbonyl (C=O) groups is 2.